The van der Waals surface area contributed by atoms with Gasteiger partial charge in [-0.15, -0.1) is 0 Å². The third kappa shape index (κ3) is 4.09. The molecule has 122 valence electrons. The van der Waals surface area contributed by atoms with Crippen LogP contribution in [-0.2, 0) is 23.9 Å². The van der Waals surface area contributed by atoms with E-state index in [0.29, 0.717) is 11.4 Å². The molecule has 1 aromatic rings. The molecule has 7 heteroatoms. The summed E-state index contributed by atoms with van der Waals surface area (Å²) in [6.07, 6.45) is 1.25. The second-order valence-electron chi connectivity index (χ2n) is 5.59. The van der Waals surface area contributed by atoms with Crippen molar-refractivity contribution in [3.05, 3.63) is 35.5 Å². The Hall–Kier alpha value is -2.83. The van der Waals surface area contributed by atoms with Crippen LogP contribution < -0.4 is 10.6 Å². The molecule has 1 amide bonds. The lowest BCUT2D eigenvalue weighted by atomic mass is 10.1. The molecule has 2 N–H and O–H groups in total. The van der Waals surface area contributed by atoms with Gasteiger partial charge in [0, 0.05) is 38.3 Å². The summed E-state index contributed by atoms with van der Waals surface area (Å²) in [6, 6.07) is 5.19. The van der Waals surface area contributed by atoms with E-state index in [0.717, 1.165) is 5.56 Å². The van der Waals surface area contributed by atoms with Gasteiger partial charge in [-0.05, 0) is 30.7 Å². The topological polar surface area (TPSA) is 93.7 Å². The van der Waals surface area contributed by atoms with Crippen LogP contribution in [0.5, 0.6) is 0 Å². The smallest absolute Gasteiger partial charge is 0.350 e. The van der Waals surface area contributed by atoms with E-state index >= 15 is 0 Å². The van der Waals surface area contributed by atoms with Crippen molar-refractivity contribution in [3.63, 3.8) is 0 Å². The Morgan fingerprint density at radius 1 is 1.17 bits per heavy atom. The minimum atomic E-state index is -1.26. The largest absolute Gasteiger partial charge is 0.419 e. The number of aryl methyl sites for hydroxylation is 1. The van der Waals surface area contributed by atoms with Crippen molar-refractivity contribution in [3.8, 4) is 0 Å². The number of rotatable bonds is 3. The third-order valence-corrected chi connectivity index (χ3v) is 3.04. The van der Waals surface area contributed by atoms with Crippen molar-refractivity contribution in [1.29, 1.82) is 0 Å². The molecule has 0 aromatic heterocycles. The molecule has 1 aliphatic rings. The van der Waals surface area contributed by atoms with E-state index in [9.17, 15) is 14.4 Å². The lowest BCUT2D eigenvalue weighted by molar-refractivity contribution is -0.222. The van der Waals surface area contributed by atoms with Gasteiger partial charge in [0.15, 0.2) is 5.57 Å². The van der Waals surface area contributed by atoms with Crippen LogP contribution in [0.25, 0.3) is 0 Å². The molecular formula is C16H18N2O5. The van der Waals surface area contributed by atoms with Gasteiger partial charge in [-0.1, -0.05) is 0 Å². The summed E-state index contributed by atoms with van der Waals surface area (Å²) in [5, 5.41) is 5.55. The van der Waals surface area contributed by atoms with E-state index < -0.39 is 17.7 Å². The summed E-state index contributed by atoms with van der Waals surface area (Å²) in [6.45, 7) is 6.22. The molecule has 0 aliphatic carbocycles. The number of hydrogen-bond donors (Lipinski definition) is 2. The molecular weight excluding hydrogens is 300 g/mol. The summed E-state index contributed by atoms with van der Waals surface area (Å²) < 4.78 is 10.0. The molecule has 1 aliphatic heterocycles. The molecule has 1 aromatic carbocycles. The lowest BCUT2D eigenvalue weighted by Crippen LogP contribution is -2.42. The first-order chi connectivity index (χ1) is 10.7. The molecule has 0 spiro atoms. The molecule has 0 atom stereocenters. The maximum Gasteiger partial charge on any atom is 0.350 e. The Balaban J connectivity index is 2.15. The maximum atomic E-state index is 11.8. The molecule has 1 heterocycles. The van der Waals surface area contributed by atoms with Gasteiger partial charge in [0.2, 0.25) is 5.91 Å². The standard InChI is InChI=1S/C16H18N2O5/c1-9-7-11(18-10(2)19)5-6-13(9)17-8-12-14(20)22-16(3,4)23-15(12)21/h5-8,17H,1-4H3,(H,18,19). The van der Waals surface area contributed by atoms with E-state index in [4.69, 9.17) is 9.47 Å². The summed E-state index contributed by atoms with van der Waals surface area (Å²) in [5.74, 6) is -2.92. The first-order valence-electron chi connectivity index (χ1n) is 6.99. The van der Waals surface area contributed by atoms with Gasteiger partial charge >= 0.3 is 11.9 Å². The van der Waals surface area contributed by atoms with Crippen LogP contribution >= 0.6 is 0 Å². The number of carbonyl (C=O) groups is 3. The fourth-order valence-electron chi connectivity index (χ4n) is 2.04. The van der Waals surface area contributed by atoms with Crippen molar-refractivity contribution in [2.24, 2.45) is 0 Å². The van der Waals surface area contributed by atoms with Crippen molar-refractivity contribution in [2.75, 3.05) is 10.6 Å². The van der Waals surface area contributed by atoms with E-state index in [-0.39, 0.29) is 11.5 Å². The summed E-state index contributed by atoms with van der Waals surface area (Å²) in [5.41, 5.74) is 1.95. The average molecular weight is 318 g/mol. The van der Waals surface area contributed by atoms with Gasteiger partial charge in [0.25, 0.3) is 5.79 Å². The number of carbonyl (C=O) groups excluding carboxylic acids is 3. The normalized spacial score (nSPS) is 16.3. The number of amides is 1. The zero-order valence-corrected chi connectivity index (χ0v) is 13.4. The Morgan fingerprint density at radius 3 is 2.30 bits per heavy atom. The van der Waals surface area contributed by atoms with Crippen molar-refractivity contribution >= 4 is 29.2 Å². The second-order valence-corrected chi connectivity index (χ2v) is 5.59. The number of nitrogens with one attached hydrogen (secondary N) is 2. The average Bonchev–Trinajstić information content (AvgIpc) is 2.37. The molecule has 1 fully saturated rings. The van der Waals surface area contributed by atoms with Crippen molar-refractivity contribution in [2.45, 2.75) is 33.5 Å². The number of esters is 2. The molecule has 7 nitrogen and oxygen atoms in total. The first kappa shape index (κ1) is 16.5. The van der Waals surface area contributed by atoms with Gasteiger partial charge in [0.05, 0.1) is 0 Å². The molecule has 0 bridgehead atoms. The fourth-order valence-corrected chi connectivity index (χ4v) is 2.04. The predicted octanol–water partition coefficient (Wildman–Crippen LogP) is 2.09. The predicted molar refractivity (Wildman–Crippen MR) is 83.5 cm³/mol. The summed E-state index contributed by atoms with van der Waals surface area (Å²) >= 11 is 0. The Kier molecular flexibility index (Phi) is 4.40. The third-order valence-electron chi connectivity index (χ3n) is 3.04. The van der Waals surface area contributed by atoms with E-state index in [1.54, 1.807) is 18.2 Å². The lowest BCUT2D eigenvalue weighted by Gasteiger charge is -2.29. The van der Waals surface area contributed by atoms with Crippen LogP contribution in [0.4, 0.5) is 11.4 Å². The molecule has 23 heavy (non-hydrogen) atoms. The SMILES string of the molecule is CC(=O)Nc1ccc(NC=C2C(=O)OC(C)(C)OC2=O)c(C)c1. The number of anilines is 2. The fraction of sp³-hybridized carbons (Fsp3) is 0.312. The molecule has 0 saturated carbocycles. The van der Waals surface area contributed by atoms with Gasteiger partial charge in [0.1, 0.15) is 0 Å². The number of benzene rings is 1. The second kappa shape index (κ2) is 6.12. The van der Waals surface area contributed by atoms with Gasteiger partial charge in [-0.3, -0.25) is 4.79 Å². The zero-order valence-electron chi connectivity index (χ0n) is 13.4. The Morgan fingerprint density at radius 2 is 1.78 bits per heavy atom. The highest BCUT2D eigenvalue weighted by Crippen LogP contribution is 2.24. The van der Waals surface area contributed by atoms with E-state index in [1.165, 1.54) is 27.0 Å². The highest BCUT2D eigenvalue weighted by molar-refractivity contribution is 6.15. The van der Waals surface area contributed by atoms with Crippen molar-refractivity contribution < 1.29 is 23.9 Å². The molecule has 0 unspecified atom stereocenters. The quantitative estimate of drug-likeness (QED) is 0.503. The van der Waals surface area contributed by atoms with Gasteiger partial charge < -0.3 is 20.1 Å². The molecule has 2 rings (SSSR count). The minimum absolute atomic E-state index is 0.164. The minimum Gasteiger partial charge on any atom is -0.419 e. The van der Waals surface area contributed by atoms with Crippen LogP contribution in [0.15, 0.2) is 30.0 Å². The zero-order chi connectivity index (χ0) is 17.2. The Labute approximate surface area is 133 Å². The van der Waals surface area contributed by atoms with Crippen LogP contribution in [-0.4, -0.2) is 23.6 Å². The van der Waals surface area contributed by atoms with Crippen molar-refractivity contribution in [1.82, 2.24) is 0 Å². The number of hydrogen-bond acceptors (Lipinski definition) is 6. The van der Waals surface area contributed by atoms with Crippen LogP contribution in [0.3, 0.4) is 0 Å². The summed E-state index contributed by atoms with van der Waals surface area (Å²) in [4.78, 5) is 34.7. The van der Waals surface area contributed by atoms with Crippen LogP contribution in [0, 0.1) is 6.92 Å². The Bertz CT molecular complexity index is 684. The van der Waals surface area contributed by atoms with E-state index in [1.807, 2.05) is 6.92 Å². The molecule has 1 saturated heterocycles. The number of ether oxygens (including phenoxy) is 2. The monoisotopic (exact) mass is 318 g/mol. The van der Waals surface area contributed by atoms with Gasteiger partial charge in [-0.25, -0.2) is 9.59 Å². The molecule has 0 radical (unpaired) electrons. The van der Waals surface area contributed by atoms with Crippen LogP contribution in [0.2, 0.25) is 0 Å². The first-order valence-corrected chi connectivity index (χ1v) is 6.99. The van der Waals surface area contributed by atoms with Crippen LogP contribution in [0.1, 0.15) is 26.3 Å². The van der Waals surface area contributed by atoms with Gasteiger partial charge in [-0.2, -0.15) is 0 Å². The van der Waals surface area contributed by atoms with E-state index in [2.05, 4.69) is 10.6 Å². The highest BCUT2D eigenvalue weighted by Gasteiger charge is 2.38. The number of cyclic esters (lactones) is 2. The summed E-state index contributed by atoms with van der Waals surface area (Å²) in [7, 11) is 0. The highest BCUT2D eigenvalue weighted by atomic mass is 16.7. The maximum absolute atomic E-state index is 11.8.